The highest BCUT2D eigenvalue weighted by atomic mass is 16.3. The monoisotopic (exact) mass is 296 g/mol. The van der Waals surface area contributed by atoms with E-state index in [1.165, 1.54) is 17.7 Å². The summed E-state index contributed by atoms with van der Waals surface area (Å²) in [6.45, 7) is 5.67. The fourth-order valence-electron chi connectivity index (χ4n) is 3.04. The molecule has 0 bridgehead atoms. The summed E-state index contributed by atoms with van der Waals surface area (Å²) in [5.41, 5.74) is 2.65. The van der Waals surface area contributed by atoms with Gasteiger partial charge in [0, 0.05) is 31.9 Å². The molecule has 1 saturated heterocycles. The van der Waals surface area contributed by atoms with Gasteiger partial charge < -0.3 is 10.0 Å². The van der Waals surface area contributed by atoms with Gasteiger partial charge in [0.1, 0.15) is 5.75 Å². The summed E-state index contributed by atoms with van der Waals surface area (Å²) in [6.07, 6.45) is 2.26. The number of piperazine rings is 1. The number of hydrogen-bond acceptors (Lipinski definition) is 3. The normalized spacial score (nSPS) is 15.9. The van der Waals surface area contributed by atoms with Crippen LogP contribution in [0.2, 0.25) is 0 Å². The Balaban J connectivity index is 1.40. The molecule has 2 aromatic rings. The third kappa shape index (κ3) is 4.01. The Morgan fingerprint density at radius 3 is 2.18 bits per heavy atom. The predicted molar refractivity (Wildman–Crippen MR) is 91.5 cm³/mol. The molecule has 1 N–H and O–H groups in total. The summed E-state index contributed by atoms with van der Waals surface area (Å²) in [5.74, 6) is 0.348. The minimum atomic E-state index is 0.348. The highest BCUT2D eigenvalue weighted by Crippen LogP contribution is 2.16. The van der Waals surface area contributed by atoms with Crippen LogP contribution in [0.4, 0.5) is 5.69 Å². The van der Waals surface area contributed by atoms with E-state index in [-0.39, 0.29) is 0 Å². The van der Waals surface area contributed by atoms with Crippen LogP contribution in [0.1, 0.15) is 12.0 Å². The quantitative estimate of drug-likeness (QED) is 0.918. The molecular weight excluding hydrogens is 272 g/mol. The third-order valence-corrected chi connectivity index (χ3v) is 4.37. The molecule has 1 aliphatic rings. The molecule has 3 rings (SSSR count). The van der Waals surface area contributed by atoms with Crippen LogP contribution in [0, 0.1) is 0 Å². The van der Waals surface area contributed by atoms with Crippen molar-refractivity contribution in [1.29, 1.82) is 0 Å². The minimum Gasteiger partial charge on any atom is -0.508 e. The number of phenolic OH excluding ortho intramolecular Hbond substituents is 1. The molecule has 0 radical (unpaired) electrons. The van der Waals surface area contributed by atoms with Crippen molar-refractivity contribution in [3.8, 4) is 5.75 Å². The highest BCUT2D eigenvalue weighted by Gasteiger charge is 2.16. The van der Waals surface area contributed by atoms with Crippen molar-refractivity contribution < 1.29 is 5.11 Å². The molecule has 0 aliphatic carbocycles. The minimum absolute atomic E-state index is 0.348. The molecule has 1 aliphatic heterocycles. The number of anilines is 1. The molecule has 0 saturated carbocycles. The number of aromatic hydroxyl groups is 1. The first-order valence-electron chi connectivity index (χ1n) is 8.11. The smallest absolute Gasteiger partial charge is 0.115 e. The summed E-state index contributed by atoms with van der Waals surface area (Å²) in [7, 11) is 0. The van der Waals surface area contributed by atoms with Crippen LogP contribution in [0.5, 0.6) is 5.75 Å². The van der Waals surface area contributed by atoms with Crippen molar-refractivity contribution in [1.82, 2.24) is 4.90 Å². The van der Waals surface area contributed by atoms with Gasteiger partial charge >= 0.3 is 0 Å². The Bertz CT molecular complexity index is 560. The predicted octanol–water partition coefficient (Wildman–Crippen LogP) is 3.15. The highest BCUT2D eigenvalue weighted by molar-refractivity contribution is 5.46. The van der Waals surface area contributed by atoms with Crippen molar-refractivity contribution in [2.24, 2.45) is 0 Å². The Hall–Kier alpha value is -2.00. The van der Waals surface area contributed by atoms with E-state index < -0.39 is 0 Å². The molecule has 3 nitrogen and oxygen atoms in total. The first kappa shape index (κ1) is 14.9. The number of phenols is 1. The Morgan fingerprint density at radius 1 is 0.818 bits per heavy atom. The zero-order chi connectivity index (χ0) is 15.2. The van der Waals surface area contributed by atoms with Crippen molar-refractivity contribution in [3.63, 3.8) is 0 Å². The molecule has 0 unspecified atom stereocenters. The Kier molecular flexibility index (Phi) is 4.96. The average molecular weight is 296 g/mol. The molecule has 0 atom stereocenters. The largest absolute Gasteiger partial charge is 0.508 e. The first-order valence-corrected chi connectivity index (χ1v) is 8.11. The van der Waals surface area contributed by atoms with Gasteiger partial charge in [0.2, 0.25) is 0 Å². The van der Waals surface area contributed by atoms with Gasteiger partial charge in [0.25, 0.3) is 0 Å². The van der Waals surface area contributed by atoms with Crippen LogP contribution in [0.25, 0.3) is 0 Å². The van der Waals surface area contributed by atoms with Gasteiger partial charge in [-0.15, -0.1) is 0 Å². The van der Waals surface area contributed by atoms with E-state index >= 15 is 0 Å². The average Bonchev–Trinajstić information content (AvgIpc) is 2.58. The van der Waals surface area contributed by atoms with Crippen LogP contribution in [-0.2, 0) is 6.42 Å². The lowest BCUT2D eigenvalue weighted by molar-refractivity contribution is 0.255. The van der Waals surface area contributed by atoms with Gasteiger partial charge in [-0.2, -0.15) is 0 Å². The summed E-state index contributed by atoms with van der Waals surface area (Å²) in [4.78, 5) is 5.02. The number of benzene rings is 2. The molecule has 22 heavy (non-hydrogen) atoms. The van der Waals surface area contributed by atoms with E-state index in [2.05, 4.69) is 40.1 Å². The fraction of sp³-hybridized carbons (Fsp3) is 0.368. The van der Waals surface area contributed by atoms with Crippen LogP contribution in [0.3, 0.4) is 0 Å². The lowest BCUT2D eigenvalue weighted by Gasteiger charge is -2.36. The van der Waals surface area contributed by atoms with Gasteiger partial charge in [-0.05, 0) is 49.2 Å². The van der Waals surface area contributed by atoms with Crippen LogP contribution in [-0.4, -0.2) is 42.7 Å². The summed E-state index contributed by atoms with van der Waals surface area (Å²) >= 11 is 0. The molecule has 116 valence electrons. The number of aryl methyl sites for hydroxylation is 1. The van der Waals surface area contributed by atoms with Crippen molar-refractivity contribution >= 4 is 5.69 Å². The van der Waals surface area contributed by atoms with Gasteiger partial charge in [-0.25, -0.2) is 0 Å². The van der Waals surface area contributed by atoms with E-state index in [9.17, 15) is 5.11 Å². The lowest BCUT2D eigenvalue weighted by Crippen LogP contribution is -2.46. The van der Waals surface area contributed by atoms with E-state index in [4.69, 9.17) is 0 Å². The maximum Gasteiger partial charge on any atom is 0.115 e. The number of rotatable bonds is 5. The van der Waals surface area contributed by atoms with Gasteiger partial charge in [0.15, 0.2) is 0 Å². The topological polar surface area (TPSA) is 26.7 Å². The number of hydrogen-bond donors (Lipinski definition) is 1. The maximum absolute atomic E-state index is 9.29. The van der Waals surface area contributed by atoms with Crippen LogP contribution in [0.15, 0.2) is 54.6 Å². The summed E-state index contributed by atoms with van der Waals surface area (Å²) < 4.78 is 0. The molecular formula is C19H24N2O. The van der Waals surface area contributed by atoms with E-state index in [1.54, 1.807) is 12.1 Å². The summed E-state index contributed by atoms with van der Waals surface area (Å²) in [6, 6.07) is 18.3. The van der Waals surface area contributed by atoms with Crippen molar-refractivity contribution in [3.05, 3.63) is 60.2 Å². The molecule has 0 amide bonds. The van der Waals surface area contributed by atoms with Gasteiger partial charge in [-0.1, -0.05) is 30.3 Å². The van der Waals surface area contributed by atoms with Crippen LogP contribution < -0.4 is 4.90 Å². The molecule has 1 fully saturated rings. The Morgan fingerprint density at radius 2 is 1.50 bits per heavy atom. The molecule has 0 aromatic heterocycles. The second-order valence-corrected chi connectivity index (χ2v) is 5.93. The van der Waals surface area contributed by atoms with E-state index in [0.29, 0.717) is 5.75 Å². The van der Waals surface area contributed by atoms with E-state index in [1.807, 2.05) is 12.1 Å². The molecule has 1 heterocycles. The zero-order valence-corrected chi connectivity index (χ0v) is 13.0. The molecule has 2 aromatic carbocycles. The van der Waals surface area contributed by atoms with Gasteiger partial charge in [-0.3, -0.25) is 4.90 Å². The second-order valence-electron chi connectivity index (χ2n) is 5.93. The maximum atomic E-state index is 9.29. The standard InChI is InChI=1S/C19H24N2O/c22-19-10-8-17(9-11-19)5-4-12-20-13-15-21(16-14-20)18-6-2-1-3-7-18/h1-3,6-11,22H,4-5,12-16H2. The summed E-state index contributed by atoms with van der Waals surface area (Å²) in [5, 5.41) is 9.29. The van der Waals surface area contributed by atoms with Crippen molar-refractivity contribution in [2.45, 2.75) is 12.8 Å². The molecule has 0 spiro atoms. The second kappa shape index (κ2) is 7.32. The first-order chi connectivity index (χ1) is 10.8. The lowest BCUT2D eigenvalue weighted by atomic mass is 10.1. The van der Waals surface area contributed by atoms with Crippen molar-refractivity contribution in [2.75, 3.05) is 37.6 Å². The number of nitrogens with zero attached hydrogens (tertiary/aromatic N) is 2. The Labute approximate surface area is 132 Å². The van der Waals surface area contributed by atoms with Gasteiger partial charge in [0.05, 0.1) is 0 Å². The third-order valence-electron chi connectivity index (χ3n) is 4.37. The van der Waals surface area contributed by atoms with E-state index in [0.717, 1.165) is 39.1 Å². The van der Waals surface area contributed by atoms with Crippen LogP contribution >= 0.6 is 0 Å². The SMILES string of the molecule is Oc1ccc(CCCN2CCN(c3ccccc3)CC2)cc1. The fourth-order valence-corrected chi connectivity index (χ4v) is 3.04. The zero-order valence-electron chi connectivity index (χ0n) is 13.0. The number of para-hydroxylation sites is 1. The molecule has 3 heteroatoms.